The average molecular weight is 385 g/mol. The van der Waals surface area contributed by atoms with Gasteiger partial charge in [-0.25, -0.2) is 0 Å². The van der Waals surface area contributed by atoms with Crippen molar-refractivity contribution in [2.24, 2.45) is 0 Å². The summed E-state index contributed by atoms with van der Waals surface area (Å²) < 4.78 is 41.6. The van der Waals surface area contributed by atoms with Crippen LogP contribution in [0.4, 0.5) is 18.9 Å². The molecule has 144 valence electrons. The fraction of sp³-hybridized carbons (Fsp3) is 0.182. The van der Waals surface area contributed by atoms with E-state index in [9.17, 15) is 18.3 Å². The number of nitrogens with one attached hydrogen (secondary N) is 1. The highest BCUT2D eigenvalue weighted by molar-refractivity contribution is 5.76. The third-order valence-electron chi connectivity index (χ3n) is 4.84. The van der Waals surface area contributed by atoms with Gasteiger partial charge in [0.05, 0.1) is 6.04 Å². The lowest BCUT2D eigenvalue weighted by molar-refractivity contribution is -0.274. The van der Waals surface area contributed by atoms with Gasteiger partial charge in [0.2, 0.25) is 0 Å². The molecular weight excluding hydrogens is 367 g/mol. The molecule has 3 aromatic rings. The topological polar surface area (TPSA) is 41.5 Å². The molecule has 2 N–H and O–H groups in total. The molecule has 1 aliphatic heterocycles. The van der Waals surface area contributed by atoms with Crippen LogP contribution in [0.3, 0.4) is 0 Å². The van der Waals surface area contributed by atoms with Gasteiger partial charge >= 0.3 is 6.36 Å². The van der Waals surface area contributed by atoms with Gasteiger partial charge in [-0.15, -0.1) is 13.2 Å². The zero-order chi connectivity index (χ0) is 19.7. The number of benzene rings is 3. The predicted octanol–water partition coefficient (Wildman–Crippen LogP) is 6.06. The number of hydrogen-bond donors (Lipinski definition) is 2. The number of fused-ring (bicyclic) bond motifs is 1. The van der Waals surface area contributed by atoms with E-state index >= 15 is 0 Å². The number of phenolic OH excluding ortho intramolecular Hbond substituents is 1. The van der Waals surface area contributed by atoms with Gasteiger partial charge in [-0.2, -0.15) is 0 Å². The molecule has 6 heteroatoms. The minimum Gasteiger partial charge on any atom is -0.508 e. The third kappa shape index (κ3) is 3.91. The average Bonchev–Trinajstić information content (AvgIpc) is 2.66. The third-order valence-corrected chi connectivity index (χ3v) is 4.84. The van der Waals surface area contributed by atoms with Gasteiger partial charge in [0.1, 0.15) is 11.5 Å². The summed E-state index contributed by atoms with van der Waals surface area (Å²) in [5.74, 6) is -0.00987. The molecule has 28 heavy (non-hydrogen) atoms. The van der Waals surface area contributed by atoms with E-state index < -0.39 is 6.36 Å². The number of rotatable bonds is 3. The Hall–Kier alpha value is -3.15. The van der Waals surface area contributed by atoms with Crippen LogP contribution in [0.1, 0.15) is 23.6 Å². The second-order valence-corrected chi connectivity index (χ2v) is 6.74. The molecule has 0 saturated heterocycles. The van der Waals surface area contributed by atoms with Crippen molar-refractivity contribution < 1.29 is 23.0 Å². The highest BCUT2D eigenvalue weighted by atomic mass is 19.4. The molecule has 0 amide bonds. The highest BCUT2D eigenvalue weighted by Crippen LogP contribution is 2.39. The molecular formula is C22H18F3NO2. The van der Waals surface area contributed by atoms with E-state index in [0.717, 1.165) is 35.2 Å². The normalized spacial score (nSPS) is 16.2. The van der Waals surface area contributed by atoms with Crippen molar-refractivity contribution in [3.63, 3.8) is 0 Å². The van der Waals surface area contributed by atoms with Crippen molar-refractivity contribution in [1.82, 2.24) is 0 Å². The SMILES string of the molecule is Oc1cccc(C2CCc3c(cccc3-c3cccc(OC(F)(F)F)c3)N2)c1. The van der Waals surface area contributed by atoms with Gasteiger partial charge in [0, 0.05) is 5.69 Å². The summed E-state index contributed by atoms with van der Waals surface area (Å²) in [6, 6.07) is 19.0. The Bertz CT molecular complexity index is 1000. The van der Waals surface area contributed by atoms with E-state index in [1.54, 1.807) is 24.3 Å². The Morgan fingerprint density at radius 2 is 1.75 bits per heavy atom. The molecule has 0 aliphatic carbocycles. The lowest BCUT2D eigenvalue weighted by atomic mass is 9.88. The van der Waals surface area contributed by atoms with Crippen molar-refractivity contribution in [2.45, 2.75) is 25.2 Å². The highest BCUT2D eigenvalue weighted by Gasteiger charge is 2.31. The fourth-order valence-electron chi connectivity index (χ4n) is 3.66. The number of alkyl halides is 3. The molecule has 1 unspecified atom stereocenters. The summed E-state index contributed by atoms with van der Waals surface area (Å²) >= 11 is 0. The largest absolute Gasteiger partial charge is 0.573 e. The molecule has 0 fully saturated rings. The molecule has 1 heterocycles. The lowest BCUT2D eigenvalue weighted by Crippen LogP contribution is -2.18. The number of anilines is 1. The quantitative estimate of drug-likeness (QED) is 0.576. The molecule has 0 radical (unpaired) electrons. The van der Waals surface area contributed by atoms with E-state index in [-0.39, 0.29) is 17.5 Å². The molecule has 1 aliphatic rings. The molecule has 0 aromatic heterocycles. The van der Waals surface area contributed by atoms with E-state index in [2.05, 4.69) is 10.1 Å². The van der Waals surface area contributed by atoms with Crippen LogP contribution in [0.2, 0.25) is 0 Å². The zero-order valence-electron chi connectivity index (χ0n) is 14.8. The fourth-order valence-corrected chi connectivity index (χ4v) is 3.66. The monoisotopic (exact) mass is 385 g/mol. The Morgan fingerprint density at radius 1 is 0.964 bits per heavy atom. The first-order valence-corrected chi connectivity index (χ1v) is 8.92. The number of ether oxygens (including phenoxy) is 1. The first kappa shape index (κ1) is 18.2. The smallest absolute Gasteiger partial charge is 0.508 e. The van der Waals surface area contributed by atoms with Crippen LogP contribution in [-0.2, 0) is 6.42 Å². The van der Waals surface area contributed by atoms with Crippen LogP contribution in [0.5, 0.6) is 11.5 Å². The van der Waals surface area contributed by atoms with Crippen molar-refractivity contribution in [3.8, 4) is 22.6 Å². The number of aromatic hydroxyl groups is 1. The summed E-state index contributed by atoms with van der Waals surface area (Å²) in [5, 5.41) is 13.2. The van der Waals surface area contributed by atoms with Crippen LogP contribution in [0.15, 0.2) is 66.7 Å². The van der Waals surface area contributed by atoms with Crippen molar-refractivity contribution in [2.75, 3.05) is 5.32 Å². The van der Waals surface area contributed by atoms with Gasteiger partial charge in [-0.3, -0.25) is 0 Å². The van der Waals surface area contributed by atoms with Crippen LogP contribution in [0, 0.1) is 0 Å². The summed E-state index contributed by atoms with van der Waals surface area (Å²) in [4.78, 5) is 0. The van der Waals surface area contributed by atoms with Gasteiger partial charge in [-0.05, 0) is 65.4 Å². The van der Waals surface area contributed by atoms with Crippen LogP contribution in [0.25, 0.3) is 11.1 Å². The van der Waals surface area contributed by atoms with Crippen molar-refractivity contribution in [3.05, 3.63) is 77.9 Å². The Labute approximate surface area is 160 Å². The Balaban J connectivity index is 1.64. The zero-order valence-corrected chi connectivity index (χ0v) is 14.8. The molecule has 0 spiro atoms. The predicted molar refractivity (Wildman–Crippen MR) is 101 cm³/mol. The first-order chi connectivity index (χ1) is 13.4. The lowest BCUT2D eigenvalue weighted by Gasteiger charge is -2.29. The first-order valence-electron chi connectivity index (χ1n) is 8.92. The van der Waals surface area contributed by atoms with Gasteiger partial charge < -0.3 is 15.2 Å². The van der Waals surface area contributed by atoms with E-state index in [1.807, 2.05) is 30.3 Å². The van der Waals surface area contributed by atoms with E-state index in [4.69, 9.17) is 0 Å². The molecule has 0 saturated carbocycles. The van der Waals surface area contributed by atoms with Gasteiger partial charge in [-0.1, -0.05) is 36.4 Å². The molecule has 3 nitrogen and oxygen atoms in total. The van der Waals surface area contributed by atoms with E-state index in [0.29, 0.717) is 5.56 Å². The summed E-state index contributed by atoms with van der Waals surface area (Å²) in [5.41, 5.74) is 4.56. The molecule has 3 aromatic carbocycles. The van der Waals surface area contributed by atoms with Crippen molar-refractivity contribution >= 4 is 5.69 Å². The Morgan fingerprint density at radius 3 is 2.54 bits per heavy atom. The van der Waals surface area contributed by atoms with Gasteiger partial charge in [0.15, 0.2) is 0 Å². The van der Waals surface area contributed by atoms with E-state index in [1.165, 1.54) is 12.1 Å². The summed E-state index contributed by atoms with van der Waals surface area (Å²) in [6.45, 7) is 0. The number of phenols is 1. The standard InChI is InChI=1S/C22H18F3NO2/c23-22(24,25)28-17-7-2-4-14(13-17)18-8-3-9-21-19(18)10-11-20(26-21)15-5-1-6-16(27)12-15/h1-9,12-13,20,26-27H,10-11H2. The Kier molecular flexibility index (Phi) is 4.63. The van der Waals surface area contributed by atoms with Crippen LogP contribution < -0.4 is 10.1 Å². The van der Waals surface area contributed by atoms with Gasteiger partial charge in [0.25, 0.3) is 0 Å². The molecule has 1 atom stereocenters. The minimum absolute atomic E-state index is 0.0646. The number of halogens is 3. The molecule has 0 bridgehead atoms. The van der Waals surface area contributed by atoms with Crippen LogP contribution >= 0.6 is 0 Å². The second-order valence-electron chi connectivity index (χ2n) is 6.74. The van der Waals surface area contributed by atoms with Crippen LogP contribution in [-0.4, -0.2) is 11.5 Å². The summed E-state index contributed by atoms with van der Waals surface area (Å²) in [6.07, 6.45) is -3.14. The minimum atomic E-state index is -4.72. The number of hydrogen-bond acceptors (Lipinski definition) is 3. The maximum atomic E-state index is 12.5. The van der Waals surface area contributed by atoms with Crippen molar-refractivity contribution in [1.29, 1.82) is 0 Å². The molecule has 4 rings (SSSR count). The maximum absolute atomic E-state index is 12.5. The second kappa shape index (κ2) is 7.11. The summed E-state index contributed by atoms with van der Waals surface area (Å²) in [7, 11) is 0. The maximum Gasteiger partial charge on any atom is 0.573 e.